The van der Waals surface area contributed by atoms with Gasteiger partial charge in [-0.3, -0.25) is 9.59 Å². The summed E-state index contributed by atoms with van der Waals surface area (Å²) in [5.41, 5.74) is 0. The van der Waals surface area contributed by atoms with E-state index in [0.717, 1.165) is 69.9 Å². The molecule has 0 heterocycles. The Morgan fingerprint density at radius 1 is 0.373 bits per heavy atom. The lowest BCUT2D eigenvalue weighted by atomic mass is 9.92. The van der Waals surface area contributed by atoms with Gasteiger partial charge >= 0.3 is 11.9 Å². The van der Waals surface area contributed by atoms with Crippen LogP contribution in [0.2, 0.25) is 0 Å². The van der Waals surface area contributed by atoms with E-state index < -0.39 is 0 Å². The molecule has 59 heavy (non-hydrogen) atoms. The molecule has 0 aromatic rings. The van der Waals surface area contributed by atoms with E-state index in [9.17, 15) is 9.59 Å². The van der Waals surface area contributed by atoms with Crippen LogP contribution in [0, 0.1) is 11.8 Å². The van der Waals surface area contributed by atoms with Gasteiger partial charge in [0, 0.05) is 19.4 Å². The van der Waals surface area contributed by atoms with Gasteiger partial charge in [-0.1, -0.05) is 207 Å². The molecule has 0 aliphatic rings. The highest BCUT2D eigenvalue weighted by molar-refractivity contribution is 5.69. The lowest BCUT2D eigenvalue weighted by Crippen LogP contribution is -2.16. The Morgan fingerprint density at radius 3 is 1.07 bits per heavy atom. The molecule has 6 nitrogen and oxygen atoms in total. The number of hydrogen-bond acceptors (Lipinski definition) is 6. The van der Waals surface area contributed by atoms with E-state index in [1.54, 1.807) is 0 Å². The Bertz CT molecular complexity index is 785. The third kappa shape index (κ3) is 43.3. The Morgan fingerprint density at radius 2 is 0.712 bits per heavy atom. The Kier molecular flexibility index (Phi) is 45.5. The first-order valence-corrected chi connectivity index (χ1v) is 26.4. The standard InChI is InChI=1S/C53H105NO5/c1-7-11-25-35-49(36-26-12-8-2)43-47-58-52(55)41-31-23-19-15-17-21-29-39-51(57-46-34-33-45-54(5)6)40-30-22-18-16-20-24-32-42-53(56)59-48-44-50(37-27-13-9-3)38-28-14-10-4/h49-51H,7-48H2,1-6H3. The minimum atomic E-state index is 0.0114. The predicted molar refractivity (Wildman–Crippen MR) is 255 cm³/mol. The smallest absolute Gasteiger partial charge is 0.305 e. The topological polar surface area (TPSA) is 65.1 Å². The molecule has 0 saturated heterocycles. The monoisotopic (exact) mass is 836 g/mol. The molecule has 0 aliphatic carbocycles. The molecule has 0 fully saturated rings. The normalized spacial score (nSPS) is 11.8. The summed E-state index contributed by atoms with van der Waals surface area (Å²) in [4.78, 5) is 27.0. The van der Waals surface area contributed by atoms with Gasteiger partial charge < -0.3 is 19.1 Å². The molecular formula is C53H105NO5. The van der Waals surface area contributed by atoms with Gasteiger partial charge in [0.15, 0.2) is 0 Å². The van der Waals surface area contributed by atoms with Gasteiger partial charge in [-0.25, -0.2) is 0 Å². The summed E-state index contributed by atoms with van der Waals surface area (Å²) in [6, 6.07) is 0. The summed E-state index contributed by atoms with van der Waals surface area (Å²) in [7, 11) is 4.30. The number of unbranched alkanes of at least 4 members (excludes halogenated alkanes) is 21. The number of rotatable bonds is 48. The van der Waals surface area contributed by atoms with Crippen molar-refractivity contribution in [2.75, 3.05) is 40.5 Å². The molecular weight excluding hydrogens is 731 g/mol. The zero-order chi connectivity index (χ0) is 43.3. The van der Waals surface area contributed by atoms with Crippen molar-refractivity contribution >= 4 is 11.9 Å². The van der Waals surface area contributed by atoms with Crippen LogP contribution in [-0.4, -0.2) is 63.4 Å². The molecule has 0 N–H and O–H groups in total. The molecule has 0 radical (unpaired) electrons. The van der Waals surface area contributed by atoms with E-state index in [-0.39, 0.29) is 11.9 Å². The minimum Gasteiger partial charge on any atom is -0.466 e. The quantitative estimate of drug-likeness (QED) is 0.0449. The average Bonchev–Trinajstić information content (AvgIpc) is 3.21. The van der Waals surface area contributed by atoms with Crippen molar-refractivity contribution in [1.29, 1.82) is 0 Å². The molecule has 0 rings (SSSR count). The van der Waals surface area contributed by atoms with Crippen molar-refractivity contribution in [3.05, 3.63) is 0 Å². The van der Waals surface area contributed by atoms with Gasteiger partial charge in [-0.15, -0.1) is 0 Å². The fraction of sp³-hybridized carbons (Fsp3) is 0.962. The molecule has 0 spiro atoms. The van der Waals surface area contributed by atoms with E-state index in [2.05, 4.69) is 46.7 Å². The number of nitrogens with zero attached hydrogens (tertiary/aromatic N) is 1. The van der Waals surface area contributed by atoms with Crippen molar-refractivity contribution in [3.63, 3.8) is 0 Å². The molecule has 0 saturated carbocycles. The first kappa shape index (κ1) is 57.9. The minimum absolute atomic E-state index is 0.0114. The van der Waals surface area contributed by atoms with Crippen LogP contribution >= 0.6 is 0 Å². The maximum Gasteiger partial charge on any atom is 0.305 e. The Hall–Kier alpha value is -1.14. The highest BCUT2D eigenvalue weighted by Crippen LogP contribution is 2.23. The molecule has 0 aromatic heterocycles. The van der Waals surface area contributed by atoms with Crippen molar-refractivity contribution in [2.24, 2.45) is 11.8 Å². The van der Waals surface area contributed by atoms with Crippen LogP contribution in [0.15, 0.2) is 0 Å². The van der Waals surface area contributed by atoms with E-state index >= 15 is 0 Å². The van der Waals surface area contributed by atoms with E-state index in [1.165, 1.54) is 186 Å². The van der Waals surface area contributed by atoms with Crippen molar-refractivity contribution < 1.29 is 23.8 Å². The van der Waals surface area contributed by atoms with Crippen molar-refractivity contribution in [3.8, 4) is 0 Å². The largest absolute Gasteiger partial charge is 0.466 e. The van der Waals surface area contributed by atoms with Gasteiger partial charge in [0.05, 0.1) is 19.3 Å². The highest BCUT2D eigenvalue weighted by atomic mass is 16.5. The third-order valence-corrected chi connectivity index (χ3v) is 12.6. The van der Waals surface area contributed by atoms with Gasteiger partial charge in [-0.05, 0) is 83.8 Å². The Balaban J connectivity index is 4.12. The van der Waals surface area contributed by atoms with E-state index in [1.807, 2.05) is 0 Å². The average molecular weight is 836 g/mol. The molecule has 0 atom stereocenters. The van der Waals surface area contributed by atoms with Gasteiger partial charge in [0.2, 0.25) is 0 Å². The van der Waals surface area contributed by atoms with Crippen molar-refractivity contribution in [2.45, 2.75) is 278 Å². The second kappa shape index (κ2) is 46.4. The molecule has 0 unspecified atom stereocenters. The van der Waals surface area contributed by atoms with Crippen LogP contribution in [-0.2, 0) is 23.8 Å². The molecule has 6 heteroatoms. The van der Waals surface area contributed by atoms with E-state index in [0.29, 0.717) is 32.2 Å². The molecule has 0 aliphatic heterocycles. The zero-order valence-corrected chi connectivity index (χ0v) is 40.9. The fourth-order valence-electron chi connectivity index (χ4n) is 8.56. The van der Waals surface area contributed by atoms with Crippen LogP contribution in [0.4, 0.5) is 0 Å². The first-order chi connectivity index (χ1) is 28.9. The lowest BCUT2D eigenvalue weighted by Gasteiger charge is -2.18. The van der Waals surface area contributed by atoms with Crippen LogP contribution in [0.1, 0.15) is 272 Å². The summed E-state index contributed by atoms with van der Waals surface area (Å²) in [6.07, 6.45) is 46.0. The van der Waals surface area contributed by atoms with Crippen LogP contribution < -0.4 is 0 Å². The predicted octanol–water partition coefficient (Wildman–Crippen LogP) is 16.2. The highest BCUT2D eigenvalue weighted by Gasteiger charge is 2.13. The SMILES string of the molecule is CCCCCC(CCCCC)CCOC(=O)CCCCCCCCCC(CCCCCCCCCC(=O)OCCC(CCCCC)CCCCC)OCCCCN(C)C. The summed E-state index contributed by atoms with van der Waals surface area (Å²) in [5.74, 6) is 1.47. The van der Waals surface area contributed by atoms with Crippen LogP contribution in [0.5, 0.6) is 0 Å². The summed E-state index contributed by atoms with van der Waals surface area (Å²) < 4.78 is 17.8. The first-order valence-electron chi connectivity index (χ1n) is 26.4. The van der Waals surface area contributed by atoms with Gasteiger partial charge in [-0.2, -0.15) is 0 Å². The maximum atomic E-state index is 12.4. The zero-order valence-electron chi connectivity index (χ0n) is 40.9. The maximum absolute atomic E-state index is 12.4. The van der Waals surface area contributed by atoms with Gasteiger partial charge in [0.25, 0.3) is 0 Å². The third-order valence-electron chi connectivity index (χ3n) is 12.6. The second-order valence-corrected chi connectivity index (χ2v) is 18.8. The fourth-order valence-corrected chi connectivity index (χ4v) is 8.56. The second-order valence-electron chi connectivity index (χ2n) is 18.8. The number of carbonyl (C=O) groups is 2. The summed E-state index contributed by atoms with van der Waals surface area (Å²) in [6.45, 7) is 12.3. The summed E-state index contributed by atoms with van der Waals surface area (Å²) >= 11 is 0. The number of ether oxygens (including phenoxy) is 3. The van der Waals surface area contributed by atoms with E-state index in [4.69, 9.17) is 14.2 Å². The van der Waals surface area contributed by atoms with Gasteiger partial charge in [0.1, 0.15) is 0 Å². The molecule has 352 valence electrons. The van der Waals surface area contributed by atoms with Crippen LogP contribution in [0.25, 0.3) is 0 Å². The summed E-state index contributed by atoms with van der Waals surface area (Å²) in [5, 5.41) is 0. The molecule has 0 bridgehead atoms. The number of hydrogen-bond donors (Lipinski definition) is 0. The number of carbonyl (C=O) groups excluding carboxylic acids is 2. The number of esters is 2. The Labute approximate surface area is 369 Å². The van der Waals surface area contributed by atoms with Crippen molar-refractivity contribution in [1.82, 2.24) is 4.90 Å². The van der Waals surface area contributed by atoms with Crippen LogP contribution in [0.3, 0.4) is 0 Å². The molecule has 0 amide bonds. The lowest BCUT2D eigenvalue weighted by molar-refractivity contribution is -0.145. The molecule has 0 aromatic carbocycles.